The molecule has 4 aromatic carbocycles. The Morgan fingerprint density at radius 3 is 1.71 bits per heavy atom. The van der Waals surface area contributed by atoms with E-state index in [0.29, 0.717) is 32.5 Å². The molecule has 3 fully saturated rings. The molecule has 7 nitrogen and oxygen atoms in total. The first-order valence-corrected chi connectivity index (χ1v) is 18.9. The van der Waals surface area contributed by atoms with E-state index in [2.05, 4.69) is 70.9 Å². The van der Waals surface area contributed by atoms with E-state index in [1.54, 1.807) is 4.90 Å². The van der Waals surface area contributed by atoms with Crippen molar-refractivity contribution in [1.29, 1.82) is 0 Å². The molecular formula is C44H50N4O3. The van der Waals surface area contributed by atoms with Crippen LogP contribution in [0, 0.1) is 0 Å². The third-order valence-corrected chi connectivity index (χ3v) is 11.4. The van der Waals surface area contributed by atoms with Crippen molar-refractivity contribution in [2.45, 2.75) is 81.5 Å². The highest BCUT2D eigenvalue weighted by Crippen LogP contribution is 2.43. The first kappa shape index (κ1) is 34.7. The van der Waals surface area contributed by atoms with Gasteiger partial charge in [-0.2, -0.15) is 0 Å². The molecule has 0 bridgehead atoms. The minimum atomic E-state index is -0.735. The molecule has 3 saturated heterocycles. The summed E-state index contributed by atoms with van der Waals surface area (Å²) in [5.74, 6) is -0.205. The highest BCUT2D eigenvalue weighted by atomic mass is 16.2. The van der Waals surface area contributed by atoms with Gasteiger partial charge in [0.1, 0.15) is 12.1 Å². The number of likely N-dealkylation sites (tertiary alicyclic amines) is 3. The molecule has 3 atom stereocenters. The van der Waals surface area contributed by atoms with Gasteiger partial charge in [-0.1, -0.05) is 128 Å². The van der Waals surface area contributed by atoms with Crippen LogP contribution in [0.15, 0.2) is 121 Å². The zero-order chi connectivity index (χ0) is 35.0. The van der Waals surface area contributed by atoms with Gasteiger partial charge in [-0.3, -0.25) is 19.3 Å². The molecule has 51 heavy (non-hydrogen) atoms. The normalized spacial score (nSPS) is 21.1. The lowest BCUT2D eigenvalue weighted by atomic mass is 9.67. The summed E-state index contributed by atoms with van der Waals surface area (Å²) >= 11 is 0. The Morgan fingerprint density at radius 2 is 1.12 bits per heavy atom. The Kier molecular flexibility index (Phi) is 10.9. The summed E-state index contributed by atoms with van der Waals surface area (Å²) in [6.07, 6.45) is 6.38. The van der Waals surface area contributed by atoms with Crippen molar-refractivity contribution in [2.75, 3.05) is 26.2 Å². The van der Waals surface area contributed by atoms with Gasteiger partial charge in [0.2, 0.25) is 17.7 Å². The smallest absolute Gasteiger partial charge is 0.246 e. The number of hydrogen-bond acceptors (Lipinski definition) is 4. The van der Waals surface area contributed by atoms with E-state index in [4.69, 9.17) is 0 Å². The Morgan fingerprint density at radius 1 is 0.588 bits per heavy atom. The number of carbonyl (C=O) groups excluding carboxylic acids is 3. The molecule has 3 heterocycles. The molecule has 264 valence electrons. The Hall–Kier alpha value is -4.75. The molecule has 0 aliphatic carbocycles. The molecule has 0 spiro atoms. The van der Waals surface area contributed by atoms with Gasteiger partial charge in [0.25, 0.3) is 0 Å². The lowest BCUT2D eigenvalue weighted by molar-refractivity contribution is -0.147. The zero-order valence-corrected chi connectivity index (χ0v) is 29.5. The fourth-order valence-electron chi connectivity index (χ4n) is 8.77. The number of piperidine rings is 1. The minimum absolute atomic E-state index is 0.0431. The predicted molar refractivity (Wildman–Crippen MR) is 201 cm³/mol. The van der Waals surface area contributed by atoms with Crippen molar-refractivity contribution in [2.24, 2.45) is 0 Å². The predicted octanol–water partition coefficient (Wildman–Crippen LogP) is 6.56. The quantitative estimate of drug-likeness (QED) is 0.182. The fourth-order valence-corrected chi connectivity index (χ4v) is 8.77. The Bertz CT molecular complexity index is 1650. The topological polar surface area (TPSA) is 73.0 Å². The van der Waals surface area contributed by atoms with Gasteiger partial charge in [-0.15, -0.1) is 0 Å². The summed E-state index contributed by atoms with van der Waals surface area (Å²) in [5.41, 5.74) is 3.66. The minimum Gasteiger partial charge on any atom is -0.353 e. The zero-order valence-electron chi connectivity index (χ0n) is 29.5. The van der Waals surface area contributed by atoms with Gasteiger partial charge < -0.3 is 15.1 Å². The first-order chi connectivity index (χ1) is 25.0. The molecule has 0 saturated carbocycles. The molecule has 7 heteroatoms. The summed E-state index contributed by atoms with van der Waals surface area (Å²) in [6.45, 7) is 3.56. The average molecular weight is 683 g/mol. The van der Waals surface area contributed by atoms with Crippen LogP contribution in [0.1, 0.15) is 73.6 Å². The summed E-state index contributed by atoms with van der Waals surface area (Å²) in [4.78, 5) is 48.8. The number of amides is 3. The number of nitrogens with one attached hydrogen (secondary N) is 1. The first-order valence-electron chi connectivity index (χ1n) is 18.9. The molecule has 0 aromatic heterocycles. The van der Waals surface area contributed by atoms with Gasteiger partial charge in [-0.05, 0) is 67.3 Å². The van der Waals surface area contributed by atoms with Gasteiger partial charge in [0.05, 0.1) is 5.41 Å². The molecule has 3 aliphatic rings. The summed E-state index contributed by atoms with van der Waals surface area (Å²) < 4.78 is 0. The summed E-state index contributed by atoms with van der Waals surface area (Å²) in [6, 6.07) is 40.5. The number of benzene rings is 4. The lowest BCUT2D eigenvalue weighted by Crippen LogP contribution is -2.54. The second-order valence-corrected chi connectivity index (χ2v) is 14.5. The lowest BCUT2D eigenvalue weighted by Gasteiger charge is -2.38. The molecule has 0 radical (unpaired) electrons. The largest absolute Gasteiger partial charge is 0.353 e. The van der Waals surface area contributed by atoms with E-state index in [1.807, 2.05) is 65.6 Å². The van der Waals surface area contributed by atoms with Crippen molar-refractivity contribution in [3.05, 3.63) is 144 Å². The van der Waals surface area contributed by atoms with Crippen LogP contribution in [-0.4, -0.2) is 76.7 Å². The maximum atomic E-state index is 14.6. The highest BCUT2D eigenvalue weighted by molar-refractivity contribution is 5.93. The van der Waals surface area contributed by atoms with Gasteiger partial charge in [0, 0.05) is 38.6 Å². The highest BCUT2D eigenvalue weighted by Gasteiger charge is 2.45. The van der Waals surface area contributed by atoms with E-state index in [1.165, 1.54) is 12.0 Å². The fraction of sp³-hybridized carbons (Fsp3) is 0.386. The Balaban J connectivity index is 1.07. The third kappa shape index (κ3) is 7.50. The van der Waals surface area contributed by atoms with Gasteiger partial charge in [0.15, 0.2) is 0 Å². The maximum absolute atomic E-state index is 14.6. The second-order valence-electron chi connectivity index (χ2n) is 14.5. The van der Waals surface area contributed by atoms with Crippen LogP contribution < -0.4 is 5.32 Å². The number of hydrogen-bond donors (Lipinski definition) is 1. The van der Waals surface area contributed by atoms with Crippen molar-refractivity contribution < 1.29 is 14.4 Å². The monoisotopic (exact) mass is 682 g/mol. The van der Waals surface area contributed by atoms with Crippen molar-refractivity contribution in [3.63, 3.8) is 0 Å². The third-order valence-electron chi connectivity index (χ3n) is 11.4. The van der Waals surface area contributed by atoms with Crippen LogP contribution in [-0.2, 0) is 26.3 Å². The number of nitrogens with zero attached hydrogens (tertiary/aromatic N) is 3. The number of rotatable bonds is 11. The molecule has 3 amide bonds. The van der Waals surface area contributed by atoms with Crippen LogP contribution in [0.5, 0.6) is 0 Å². The van der Waals surface area contributed by atoms with Crippen LogP contribution >= 0.6 is 0 Å². The average Bonchev–Trinajstić information content (AvgIpc) is 3.89. The Labute approximate surface area is 302 Å². The molecule has 7 rings (SSSR count). The molecule has 4 aromatic rings. The molecule has 1 N–H and O–H groups in total. The van der Waals surface area contributed by atoms with E-state index in [0.717, 1.165) is 55.5 Å². The SMILES string of the molecule is O=C(NCC1CCCCN1Cc1ccccc1)[C@H]1CCCN1C(=O)[C@@H]1CCCN1C(=O)CC(c1ccccc1)(c1ccccc1)c1ccccc1. The van der Waals surface area contributed by atoms with E-state index in [-0.39, 0.29) is 30.2 Å². The molecule has 1 unspecified atom stereocenters. The van der Waals surface area contributed by atoms with Crippen LogP contribution in [0.4, 0.5) is 0 Å². The summed E-state index contributed by atoms with van der Waals surface area (Å²) in [7, 11) is 0. The van der Waals surface area contributed by atoms with Crippen molar-refractivity contribution in [3.8, 4) is 0 Å². The van der Waals surface area contributed by atoms with Crippen LogP contribution in [0.3, 0.4) is 0 Å². The number of carbonyl (C=O) groups is 3. The summed E-state index contributed by atoms with van der Waals surface area (Å²) in [5, 5.41) is 3.25. The molecule has 3 aliphatic heterocycles. The second kappa shape index (κ2) is 16.1. The van der Waals surface area contributed by atoms with Gasteiger partial charge in [-0.25, -0.2) is 0 Å². The van der Waals surface area contributed by atoms with E-state index in [9.17, 15) is 14.4 Å². The van der Waals surface area contributed by atoms with Crippen molar-refractivity contribution in [1.82, 2.24) is 20.0 Å². The van der Waals surface area contributed by atoms with E-state index < -0.39 is 17.5 Å². The van der Waals surface area contributed by atoms with Gasteiger partial charge >= 0.3 is 0 Å². The maximum Gasteiger partial charge on any atom is 0.246 e. The standard InChI is InChI=1S/C44H50N4O3/c49-41(31-44(35-19-7-2-8-20-35,36-21-9-3-10-22-36)37-23-11-4-12-24-37)47-29-16-27-40(47)43(51)48-30-15-26-39(48)42(50)45-32-38-25-13-14-28-46(38)33-34-17-5-1-6-18-34/h1-12,17-24,38-40H,13-16,25-33H2,(H,45,50)/t38?,39-,40+/m1/s1. The van der Waals surface area contributed by atoms with Crippen LogP contribution in [0.25, 0.3) is 0 Å². The van der Waals surface area contributed by atoms with E-state index >= 15 is 0 Å². The van der Waals surface area contributed by atoms with Crippen molar-refractivity contribution >= 4 is 17.7 Å². The molecular weight excluding hydrogens is 633 g/mol. The van der Waals surface area contributed by atoms with Crippen LogP contribution in [0.2, 0.25) is 0 Å².